The van der Waals surface area contributed by atoms with Gasteiger partial charge in [0.2, 0.25) is 0 Å². The number of rotatable bonds is 5. The molecule has 1 unspecified atom stereocenters. The molecule has 0 aliphatic rings. The average Bonchev–Trinajstić information content (AvgIpc) is 2.87. The van der Waals surface area contributed by atoms with Crippen molar-refractivity contribution in [1.82, 2.24) is 5.32 Å². The van der Waals surface area contributed by atoms with E-state index >= 15 is 0 Å². The summed E-state index contributed by atoms with van der Waals surface area (Å²) in [5.74, 6) is 0.557. The fourth-order valence-electron chi connectivity index (χ4n) is 1.93. The lowest BCUT2D eigenvalue weighted by atomic mass is 10.0. The summed E-state index contributed by atoms with van der Waals surface area (Å²) >= 11 is 6.08. The Morgan fingerprint density at radius 2 is 2.22 bits per heavy atom. The van der Waals surface area contributed by atoms with E-state index in [4.69, 9.17) is 16.0 Å². The minimum absolute atomic E-state index is 0.00398. The molecule has 1 aromatic heterocycles. The van der Waals surface area contributed by atoms with E-state index in [-0.39, 0.29) is 11.9 Å². The quantitative estimate of drug-likeness (QED) is 0.887. The second kappa shape index (κ2) is 6.03. The van der Waals surface area contributed by atoms with Gasteiger partial charge in [0, 0.05) is 5.02 Å². The van der Waals surface area contributed by atoms with Crippen LogP contribution in [0.15, 0.2) is 41.0 Å². The number of likely N-dealkylation sites (N-methyl/N-ethyl adjacent to an activating group) is 1. The number of nitrogens with one attached hydrogen (secondary N) is 1. The highest BCUT2D eigenvalue weighted by atomic mass is 35.5. The molecule has 0 radical (unpaired) electrons. The van der Waals surface area contributed by atoms with Crippen molar-refractivity contribution in [2.24, 2.45) is 0 Å². The molecule has 1 N–H and O–H groups in total. The van der Waals surface area contributed by atoms with Gasteiger partial charge in [-0.2, -0.15) is 0 Å². The molecule has 2 rings (SSSR count). The molecule has 0 fully saturated rings. The third-order valence-corrected chi connectivity index (χ3v) is 3.14. The summed E-state index contributed by atoms with van der Waals surface area (Å²) in [5.41, 5.74) is 0.777. The van der Waals surface area contributed by atoms with Gasteiger partial charge in [-0.3, -0.25) is 0 Å². The largest absolute Gasteiger partial charge is 0.468 e. The third-order valence-electron chi connectivity index (χ3n) is 2.77. The van der Waals surface area contributed by atoms with Gasteiger partial charge in [-0.1, -0.05) is 18.5 Å². The van der Waals surface area contributed by atoms with Gasteiger partial charge in [0.15, 0.2) is 0 Å². The van der Waals surface area contributed by atoms with E-state index in [2.05, 4.69) is 5.32 Å². The highest BCUT2D eigenvalue weighted by Crippen LogP contribution is 2.24. The molecule has 0 saturated heterocycles. The van der Waals surface area contributed by atoms with Crippen LogP contribution in [-0.2, 0) is 6.42 Å². The van der Waals surface area contributed by atoms with Crippen molar-refractivity contribution >= 4 is 11.6 Å². The minimum Gasteiger partial charge on any atom is -0.468 e. The Labute approximate surface area is 111 Å². The average molecular weight is 268 g/mol. The summed E-state index contributed by atoms with van der Waals surface area (Å²) in [6.07, 6.45) is 2.23. The first-order valence-corrected chi connectivity index (χ1v) is 6.29. The van der Waals surface area contributed by atoms with Crippen LogP contribution in [0.4, 0.5) is 4.39 Å². The second-order valence-corrected chi connectivity index (χ2v) is 4.47. The second-order valence-electron chi connectivity index (χ2n) is 4.07. The predicted octanol–water partition coefficient (Wildman–Crippen LogP) is 3.97. The van der Waals surface area contributed by atoms with Crippen molar-refractivity contribution in [3.05, 3.63) is 58.8 Å². The Morgan fingerprint density at radius 3 is 2.89 bits per heavy atom. The molecule has 0 spiro atoms. The van der Waals surface area contributed by atoms with E-state index in [1.807, 2.05) is 19.1 Å². The molecule has 0 aliphatic heterocycles. The number of hydrogen-bond donors (Lipinski definition) is 1. The molecule has 1 heterocycles. The maximum atomic E-state index is 13.2. The molecule has 2 nitrogen and oxygen atoms in total. The molecule has 18 heavy (non-hydrogen) atoms. The van der Waals surface area contributed by atoms with E-state index in [1.165, 1.54) is 12.1 Å². The summed E-state index contributed by atoms with van der Waals surface area (Å²) < 4.78 is 18.6. The summed E-state index contributed by atoms with van der Waals surface area (Å²) in [5, 5.41) is 3.88. The molecule has 4 heteroatoms. The highest BCUT2D eigenvalue weighted by molar-refractivity contribution is 6.31. The van der Waals surface area contributed by atoms with Crippen LogP contribution in [0.25, 0.3) is 0 Å². The molecule has 1 aromatic carbocycles. The van der Waals surface area contributed by atoms with E-state index in [1.54, 1.807) is 12.3 Å². The Bertz CT molecular complexity index is 499. The van der Waals surface area contributed by atoms with Crippen molar-refractivity contribution < 1.29 is 8.81 Å². The van der Waals surface area contributed by atoms with Crippen molar-refractivity contribution in [2.75, 3.05) is 6.54 Å². The first-order valence-electron chi connectivity index (χ1n) is 5.91. The van der Waals surface area contributed by atoms with Gasteiger partial charge in [0.05, 0.1) is 12.3 Å². The third kappa shape index (κ3) is 3.12. The maximum Gasteiger partial charge on any atom is 0.123 e. The van der Waals surface area contributed by atoms with Crippen LogP contribution < -0.4 is 5.32 Å². The predicted molar refractivity (Wildman–Crippen MR) is 70.2 cm³/mol. The molecular formula is C14H15ClFNO. The molecule has 96 valence electrons. The Hall–Kier alpha value is -1.32. The smallest absolute Gasteiger partial charge is 0.123 e. The van der Waals surface area contributed by atoms with E-state index in [9.17, 15) is 4.39 Å². The van der Waals surface area contributed by atoms with Gasteiger partial charge < -0.3 is 9.73 Å². The van der Waals surface area contributed by atoms with Crippen LogP contribution in [-0.4, -0.2) is 6.54 Å². The van der Waals surface area contributed by atoms with Gasteiger partial charge in [0.1, 0.15) is 11.6 Å². The number of halogens is 2. The topological polar surface area (TPSA) is 25.2 Å². The lowest BCUT2D eigenvalue weighted by molar-refractivity contribution is 0.416. The van der Waals surface area contributed by atoms with E-state index < -0.39 is 0 Å². The monoisotopic (exact) mass is 267 g/mol. The molecule has 0 aliphatic carbocycles. The van der Waals surface area contributed by atoms with Crippen LogP contribution in [0.2, 0.25) is 5.02 Å². The van der Waals surface area contributed by atoms with Gasteiger partial charge in [-0.25, -0.2) is 4.39 Å². The minimum atomic E-state index is -0.274. The molecule has 0 bridgehead atoms. The standard InChI is InChI=1S/C14H15ClFNO/c1-2-17-13(14-4-3-7-18-14)9-10-8-11(16)5-6-12(10)15/h3-8,13,17H,2,9H2,1H3. The van der Waals surface area contributed by atoms with Gasteiger partial charge in [0.25, 0.3) is 0 Å². The van der Waals surface area contributed by atoms with Gasteiger partial charge in [-0.05, 0) is 48.9 Å². The zero-order chi connectivity index (χ0) is 13.0. The molecule has 0 saturated carbocycles. The van der Waals surface area contributed by atoms with Crippen LogP contribution in [0.5, 0.6) is 0 Å². The Kier molecular flexibility index (Phi) is 4.39. The van der Waals surface area contributed by atoms with Crippen molar-refractivity contribution in [3.63, 3.8) is 0 Å². The van der Waals surface area contributed by atoms with Crippen LogP contribution >= 0.6 is 11.6 Å². The van der Waals surface area contributed by atoms with Crippen LogP contribution in [0.1, 0.15) is 24.3 Å². The molecule has 0 amide bonds. The lowest BCUT2D eigenvalue weighted by Crippen LogP contribution is -2.22. The number of furan rings is 1. The number of benzene rings is 1. The van der Waals surface area contributed by atoms with E-state index in [0.29, 0.717) is 11.4 Å². The van der Waals surface area contributed by atoms with Crippen molar-refractivity contribution in [3.8, 4) is 0 Å². The van der Waals surface area contributed by atoms with Crippen molar-refractivity contribution in [2.45, 2.75) is 19.4 Å². The van der Waals surface area contributed by atoms with Crippen molar-refractivity contribution in [1.29, 1.82) is 0 Å². The molecule has 2 aromatic rings. The summed E-state index contributed by atoms with van der Waals surface area (Å²) in [7, 11) is 0. The number of hydrogen-bond acceptors (Lipinski definition) is 2. The van der Waals surface area contributed by atoms with Crippen LogP contribution in [0.3, 0.4) is 0 Å². The summed E-state index contributed by atoms with van der Waals surface area (Å²) in [6.45, 7) is 2.82. The Morgan fingerprint density at radius 1 is 1.39 bits per heavy atom. The first kappa shape index (κ1) is 13.1. The zero-order valence-electron chi connectivity index (χ0n) is 10.1. The summed E-state index contributed by atoms with van der Waals surface area (Å²) in [6, 6.07) is 8.16. The molecule has 1 atom stereocenters. The maximum absolute atomic E-state index is 13.2. The van der Waals surface area contributed by atoms with Crippen LogP contribution in [0, 0.1) is 5.82 Å². The lowest BCUT2D eigenvalue weighted by Gasteiger charge is -2.16. The van der Waals surface area contributed by atoms with Gasteiger partial charge >= 0.3 is 0 Å². The zero-order valence-corrected chi connectivity index (χ0v) is 10.9. The SMILES string of the molecule is CCNC(Cc1cc(F)ccc1Cl)c1ccco1. The fraction of sp³-hybridized carbons (Fsp3) is 0.286. The Balaban J connectivity index is 2.21. The van der Waals surface area contributed by atoms with E-state index in [0.717, 1.165) is 17.9 Å². The highest BCUT2D eigenvalue weighted by Gasteiger charge is 2.15. The fourth-order valence-corrected chi connectivity index (χ4v) is 2.12. The van der Waals surface area contributed by atoms with Gasteiger partial charge in [-0.15, -0.1) is 0 Å². The first-order chi connectivity index (χ1) is 8.70. The molecular weight excluding hydrogens is 253 g/mol. The summed E-state index contributed by atoms with van der Waals surface area (Å²) in [4.78, 5) is 0. The normalized spacial score (nSPS) is 12.6.